The van der Waals surface area contributed by atoms with Gasteiger partial charge in [0, 0.05) is 19.6 Å². The van der Waals surface area contributed by atoms with Gasteiger partial charge in [-0.2, -0.15) is 9.03 Å². The fraction of sp³-hybridized carbons (Fsp3) is 0.269. The van der Waals surface area contributed by atoms with Gasteiger partial charge in [0.2, 0.25) is 26.0 Å². The van der Waals surface area contributed by atoms with Crippen LogP contribution in [0.2, 0.25) is 0 Å². The molecule has 202 valence electrons. The van der Waals surface area contributed by atoms with E-state index in [9.17, 15) is 26.0 Å². The summed E-state index contributed by atoms with van der Waals surface area (Å²) in [5.41, 5.74) is 1.38. The van der Waals surface area contributed by atoms with Gasteiger partial charge in [-0.15, -0.1) is 0 Å². The summed E-state index contributed by atoms with van der Waals surface area (Å²) in [6, 6.07) is 18.3. The van der Waals surface area contributed by atoms with Crippen LogP contribution in [0, 0.1) is 5.82 Å². The highest BCUT2D eigenvalue weighted by molar-refractivity contribution is 7.89. The third-order valence-electron chi connectivity index (χ3n) is 6.02. The van der Waals surface area contributed by atoms with Crippen molar-refractivity contribution >= 4 is 26.0 Å². The summed E-state index contributed by atoms with van der Waals surface area (Å²) in [6.07, 6.45) is 0.0871. The number of nitrogens with one attached hydrogen (secondary N) is 2. The summed E-state index contributed by atoms with van der Waals surface area (Å²) in [4.78, 5) is 13.1. The maximum atomic E-state index is 13.3. The van der Waals surface area contributed by atoms with Crippen LogP contribution in [0.4, 0.5) is 4.39 Å². The van der Waals surface area contributed by atoms with Gasteiger partial charge in [-0.05, 0) is 53.9 Å². The first-order valence-corrected chi connectivity index (χ1v) is 14.8. The molecule has 0 bridgehead atoms. The summed E-state index contributed by atoms with van der Waals surface area (Å²) in [6.45, 7) is 1.32. The number of benzene rings is 3. The zero-order valence-electron chi connectivity index (χ0n) is 20.4. The van der Waals surface area contributed by atoms with Gasteiger partial charge in [0.25, 0.3) is 0 Å². The second kappa shape index (κ2) is 12.1. The van der Waals surface area contributed by atoms with Crippen LogP contribution in [0.1, 0.15) is 11.1 Å². The Morgan fingerprint density at radius 3 is 2.08 bits per heavy atom. The number of rotatable bonds is 10. The summed E-state index contributed by atoms with van der Waals surface area (Å²) in [5, 5.41) is 2.72. The standard InChI is InChI=1S/C26H28FN3O6S2/c27-22-8-12-23(13-9-22)37(32,33)29-25(18-20-4-2-1-3-5-20)26(31)28-19-21-6-10-24(11-7-21)38(34,35)30-14-16-36-17-15-30/h1-13,25,29H,14-19H2,(H,28,31). The molecular formula is C26H28FN3O6S2. The molecule has 3 aromatic rings. The van der Waals surface area contributed by atoms with Gasteiger partial charge in [-0.25, -0.2) is 21.2 Å². The van der Waals surface area contributed by atoms with Crippen molar-refractivity contribution in [1.29, 1.82) is 0 Å². The molecule has 1 aliphatic heterocycles. The minimum absolute atomic E-state index is 0.0558. The number of carbonyl (C=O) groups is 1. The van der Waals surface area contributed by atoms with Crippen molar-refractivity contribution in [2.45, 2.75) is 28.8 Å². The van der Waals surface area contributed by atoms with E-state index in [1.165, 1.54) is 16.4 Å². The van der Waals surface area contributed by atoms with Crippen molar-refractivity contribution in [2.75, 3.05) is 26.3 Å². The molecule has 0 spiro atoms. The fourth-order valence-corrected chi connectivity index (χ4v) is 6.54. The van der Waals surface area contributed by atoms with E-state index < -0.39 is 37.8 Å². The number of hydrogen-bond donors (Lipinski definition) is 2. The monoisotopic (exact) mass is 561 g/mol. The topological polar surface area (TPSA) is 122 Å². The summed E-state index contributed by atoms with van der Waals surface area (Å²) >= 11 is 0. The lowest BCUT2D eigenvalue weighted by Crippen LogP contribution is -2.47. The molecule has 1 saturated heterocycles. The van der Waals surface area contributed by atoms with Gasteiger partial charge in [-0.3, -0.25) is 4.79 Å². The Morgan fingerprint density at radius 1 is 0.842 bits per heavy atom. The highest BCUT2D eigenvalue weighted by atomic mass is 32.2. The van der Waals surface area contributed by atoms with E-state index in [0.717, 1.165) is 29.8 Å². The average Bonchev–Trinajstić information content (AvgIpc) is 2.93. The minimum Gasteiger partial charge on any atom is -0.379 e. The number of hydrogen-bond acceptors (Lipinski definition) is 6. The number of amides is 1. The molecule has 2 N–H and O–H groups in total. The maximum Gasteiger partial charge on any atom is 0.243 e. The normalized spacial score (nSPS) is 15.6. The summed E-state index contributed by atoms with van der Waals surface area (Å²) < 4.78 is 73.7. The Bertz CT molecular complexity index is 1440. The predicted molar refractivity (Wildman–Crippen MR) is 139 cm³/mol. The fourth-order valence-electron chi connectivity index (χ4n) is 3.93. The Morgan fingerprint density at radius 2 is 1.45 bits per heavy atom. The summed E-state index contributed by atoms with van der Waals surface area (Å²) in [7, 11) is -7.76. The van der Waals surface area contributed by atoms with Crippen molar-refractivity contribution in [2.24, 2.45) is 0 Å². The molecule has 1 fully saturated rings. The van der Waals surface area contributed by atoms with Gasteiger partial charge in [0.1, 0.15) is 11.9 Å². The lowest BCUT2D eigenvalue weighted by atomic mass is 10.1. The Labute approximate surface area is 221 Å². The highest BCUT2D eigenvalue weighted by Gasteiger charge is 2.27. The molecule has 1 aliphatic rings. The highest BCUT2D eigenvalue weighted by Crippen LogP contribution is 2.18. The molecule has 0 radical (unpaired) electrons. The molecule has 0 aromatic heterocycles. The number of morpholine rings is 1. The molecule has 1 heterocycles. The molecule has 12 heteroatoms. The first-order chi connectivity index (χ1) is 18.1. The maximum absolute atomic E-state index is 13.3. The van der Waals surface area contributed by atoms with Crippen LogP contribution in [-0.2, 0) is 42.5 Å². The van der Waals surface area contributed by atoms with Gasteiger partial charge in [0.15, 0.2) is 0 Å². The molecule has 1 amide bonds. The first-order valence-electron chi connectivity index (χ1n) is 11.9. The van der Waals surface area contributed by atoms with Crippen molar-refractivity contribution in [1.82, 2.24) is 14.3 Å². The van der Waals surface area contributed by atoms with E-state index in [4.69, 9.17) is 4.74 Å². The van der Waals surface area contributed by atoms with Crippen LogP contribution in [0.25, 0.3) is 0 Å². The molecular weight excluding hydrogens is 533 g/mol. The average molecular weight is 562 g/mol. The van der Waals surface area contributed by atoms with Gasteiger partial charge in [-0.1, -0.05) is 42.5 Å². The quantitative estimate of drug-likeness (QED) is 0.391. The molecule has 4 rings (SSSR count). The smallest absolute Gasteiger partial charge is 0.243 e. The predicted octanol–water partition coefficient (Wildman–Crippen LogP) is 2.05. The third kappa shape index (κ3) is 7.03. The molecule has 0 aliphatic carbocycles. The summed E-state index contributed by atoms with van der Waals surface area (Å²) in [5.74, 6) is -1.14. The molecule has 38 heavy (non-hydrogen) atoms. The lowest BCUT2D eigenvalue weighted by molar-refractivity contribution is -0.122. The van der Waals surface area contributed by atoms with E-state index >= 15 is 0 Å². The number of nitrogens with zero attached hydrogens (tertiary/aromatic N) is 1. The van der Waals surface area contributed by atoms with Crippen LogP contribution in [0.5, 0.6) is 0 Å². The van der Waals surface area contributed by atoms with E-state index in [1.807, 2.05) is 6.07 Å². The third-order valence-corrected chi connectivity index (χ3v) is 9.42. The Balaban J connectivity index is 1.45. The molecule has 1 unspecified atom stereocenters. The van der Waals surface area contributed by atoms with Gasteiger partial charge >= 0.3 is 0 Å². The first kappa shape index (κ1) is 27.9. The van der Waals surface area contributed by atoms with E-state index in [-0.39, 0.29) is 35.8 Å². The Kier molecular flexibility index (Phi) is 8.90. The molecule has 3 aromatic carbocycles. The van der Waals surface area contributed by atoms with Crippen LogP contribution >= 0.6 is 0 Å². The van der Waals surface area contributed by atoms with E-state index in [0.29, 0.717) is 18.8 Å². The SMILES string of the molecule is O=C(NCc1ccc(S(=O)(=O)N2CCOCC2)cc1)C(Cc1ccccc1)NS(=O)(=O)c1ccc(F)cc1. The molecule has 9 nitrogen and oxygen atoms in total. The largest absolute Gasteiger partial charge is 0.379 e. The number of halogens is 1. The number of sulfonamides is 2. The van der Waals surface area contributed by atoms with Gasteiger partial charge in [0.05, 0.1) is 23.0 Å². The van der Waals surface area contributed by atoms with Crippen molar-refractivity contribution in [3.63, 3.8) is 0 Å². The van der Waals surface area contributed by atoms with Crippen LogP contribution in [-0.4, -0.2) is 59.4 Å². The second-order valence-electron chi connectivity index (χ2n) is 8.70. The van der Waals surface area contributed by atoms with Crippen LogP contribution in [0.3, 0.4) is 0 Å². The number of carbonyl (C=O) groups excluding carboxylic acids is 1. The Hall–Kier alpha value is -3.16. The van der Waals surface area contributed by atoms with E-state index in [1.54, 1.807) is 36.4 Å². The van der Waals surface area contributed by atoms with E-state index in [2.05, 4.69) is 10.0 Å². The van der Waals surface area contributed by atoms with Gasteiger partial charge < -0.3 is 10.1 Å². The lowest BCUT2D eigenvalue weighted by Gasteiger charge is -2.26. The zero-order valence-corrected chi connectivity index (χ0v) is 22.0. The van der Waals surface area contributed by atoms with Crippen molar-refractivity contribution in [3.8, 4) is 0 Å². The molecule has 1 atom stereocenters. The van der Waals surface area contributed by atoms with Crippen molar-refractivity contribution in [3.05, 3.63) is 95.8 Å². The zero-order chi connectivity index (χ0) is 27.2. The van der Waals surface area contributed by atoms with Crippen molar-refractivity contribution < 1.29 is 30.8 Å². The number of ether oxygens (including phenoxy) is 1. The molecule has 0 saturated carbocycles. The minimum atomic E-state index is -4.11. The second-order valence-corrected chi connectivity index (χ2v) is 12.3. The van der Waals surface area contributed by atoms with Crippen LogP contribution < -0.4 is 10.0 Å². The van der Waals surface area contributed by atoms with Crippen LogP contribution in [0.15, 0.2) is 88.7 Å².